The van der Waals surface area contributed by atoms with Gasteiger partial charge in [-0.05, 0) is 77.0 Å². The number of carbonyl (C=O) groups excluding carboxylic acids is 1. The lowest BCUT2D eigenvalue weighted by Gasteiger charge is -2.43. The molecule has 45 heavy (non-hydrogen) atoms. The molecule has 0 radical (unpaired) electrons. The van der Waals surface area contributed by atoms with E-state index in [1.165, 1.54) is 6.08 Å². The first-order chi connectivity index (χ1) is 21.4. The van der Waals surface area contributed by atoms with Crippen molar-refractivity contribution >= 4 is 38.7 Å². The summed E-state index contributed by atoms with van der Waals surface area (Å²) in [4.78, 5) is 12.2. The third-order valence-corrected chi connectivity index (χ3v) is 8.65. The molecule has 1 saturated heterocycles. The van der Waals surface area contributed by atoms with Gasteiger partial charge in [-0.1, -0.05) is 42.5 Å². The number of benzene rings is 3. The van der Waals surface area contributed by atoms with Crippen molar-refractivity contribution in [2.24, 2.45) is 0 Å². The number of halogens is 4. The topological polar surface area (TPSA) is 118 Å². The van der Waals surface area contributed by atoms with E-state index in [1.807, 2.05) is 30.3 Å². The smallest absolute Gasteiger partial charge is 0.416 e. The largest absolute Gasteiger partial charge is 0.461 e. The number of hydrogen-bond acceptors (Lipinski definition) is 9. The van der Waals surface area contributed by atoms with Crippen LogP contribution in [-0.2, 0) is 45.9 Å². The van der Waals surface area contributed by atoms with E-state index >= 15 is 0 Å². The van der Waals surface area contributed by atoms with Gasteiger partial charge in [0.1, 0.15) is 24.1 Å². The van der Waals surface area contributed by atoms with Crippen LogP contribution in [0, 0.1) is 3.57 Å². The standard InChI is InChI=1S/C31H30F3IO9S/c1-2-17-40-28-27(37)25(19-41-45(38,39)24-10-6-9-21(18-24)31(32,33)34)43-30(42-23-14-12-22(35)13-15-23)29(28)44-26(36)16-11-20-7-4-3-5-8-20/h2-10,12-15,18,25,27-30,37H,1,11,16-17,19H2/t25-,27+,28-,29-,30+/m0/s1. The molecular weight excluding hydrogens is 732 g/mol. The maximum atomic E-state index is 13.2. The molecule has 1 heterocycles. The van der Waals surface area contributed by atoms with Gasteiger partial charge in [-0.25, -0.2) is 0 Å². The number of aryl methyl sites for hydroxylation is 1. The van der Waals surface area contributed by atoms with E-state index in [1.54, 1.807) is 24.3 Å². The molecule has 1 fully saturated rings. The SMILES string of the molecule is C=CCO[C@H]1[C@H](O)[C@H](COS(=O)(=O)c2cccc(C(F)(F)F)c2)O[C@@H](Oc2ccc(I)cc2)[C@H]1OC(=O)CCc1ccccc1. The van der Waals surface area contributed by atoms with Crippen LogP contribution in [0.15, 0.2) is 96.4 Å². The number of hydrogen-bond donors (Lipinski definition) is 1. The van der Waals surface area contributed by atoms with Crippen molar-refractivity contribution in [1.29, 1.82) is 0 Å². The molecule has 242 valence electrons. The van der Waals surface area contributed by atoms with Gasteiger partial charge in [-0.3, -0.25) is 8.98 Å². The Hall–Kier alpha value is -3.02. The van der Waals surface area contributed by atoms with Crippen molar-refractivity contribution in [3.63, 3.8) is 0 Å². The van der Waals surface area contributed by atoms with Gasteiger partial charge >= 0.3 is 12.1 Å². The lowest BCUT2D eigenvalue weighted by molar-refractivity contribution is -0.287. The van der Waals surface area contributed by atoms with Gasteiger partial charge in [-0.15, -0.1) is 6.58 Å². The van der Waals surface area contributed by atoms with Crippen LogP contribution in [0.4, 0.5) is 13.2 Å². The molecule has 1 aliphatic heterocycles. The first-order valence-corrected chi connectivity index (χ1v) is 16.1. The summed E-state index contributed by atoms with van der Waals surface area (Å²) < 4.78 is 94.6. The average molecular weight is 763 g/mol. The first-order valence-electron chi connectivity index (χ1n) is 13.7. The monoisotopic (exact) mass is 762 g/mol. The quantitative estimate of drug-likeness (QED) is 0.107. The van der Waals surface area contributed by atoms with Crippen molar-refractivity contribution in [2.75, 3.05) is 13.2 Å². The summed E-state index contributed by atoms with van der Waals surface area (Å²) in [6.07, 6.45) is -10.1. The lowest BCUT2D eigenvalue weighted by atomic mass is 9.98. The van der Waals surface area contributed by atoms with Gasteiger partial charge in [0.15, 0.2) is 6.10 Å². The summed E-state index contributed by atoms with van der Waals surface area (Å²) >= 11 is 2.10. The Balaban J connectivity index is 1.56. The number of ether oxygens (including phenoxy) is 4. The zero-order valence-corrected chi connectivity index (χ0v) is 26.6. The molecular formula is C31H30F3IO9S. The summed E-state index contributed by atoms with van der Waals surface area (Å²) in [5.41, 5.74) is -0.276. The van der Waals surface area contributed by atoms with Gasteiger partial charge in [0.2, 0.25) is 6.29 Å². The molecule has 0 unspecified atom stereocenters. The molecule has 5 atom stereocenters. The predicted molar refractivity (Wildman–Crippen MR) is 164 cm³/mol. The van der Waals surface area contributed by atoms with Gasteiger partial charge in [0.05, 0.1) is 23.7 Å². The second-order valence-corrected chi connectivity index (χ2v) is 12.8. The second kappa shape index (κ2) is 15.5. The summed E-state index contributed by atoms with van der Waals surface area (Å²) in [6.45, 7) is 2.68. The Morgan fingerprint density at radius 3 is 2.40 bits per heavy atom. The number of alkyl halides is 3. The third kappa shape index (κ3) is 9.73. The number of rotatable bonds is 13. The minimum Gasteiger partial charge on any atom is -0.461 e. The summed E-state index contributed by atoms with van der Waals surface area (Å²) in [6, 6.07) is 19.1. The number of aliphatic hydroxyl groups is 1. The Morgan fingerprint density at radius 1 is 1.02 bits per heavy atom. The highest BCUT2D eigenvalue weighted by molar-refractivity contribution is 14.1. The molecule has 3 aromatic carbocycles. The van der Waals surface area contributed by atoms with Crippen LogP contribution in [-0.4, -0.2) is 63.4 Å². The molecule has 0 saturated carbocycles. The fraction of sp³-hybridized carbons (Fsp3) is 0.323. The molecule has 0 spiro atoms. The Bertz CT molecular complexity index is 1540. The van der Waals surface area contributed by atoms with Crippen LogP contribution in [0.3, 0.4) is 0 Å². The minimum atomic E-state index is -4.78. The maximum Gasteiger partial charge on any atom is 0.416 e. The predicted octanol–water partition coefficient (Wildman–Crippen LogP) is 5.30. The summed E-state index contributed by atoms with van der Waals surface area (Å²) in [5.74, 6) is -0.328. The fourth-order valence-electron chi connectivity index (χ4n) is 4.42. The van der Waals surface area contributed by atoms with Crippen molar-refractivity contribution in [3.05, 3.63) is 106 Å². The summed E-state index contributed by atoms with van der Waals surface area (Å²) in [5, 5.41) is 11.2. The van der Waals surface area contributed by atoms with Crippen LogP contribution in [0.25, 0.3) is 0 Å². The van der Waals surface area contributed by atoms with Gasteiger partial charge < -0.3 is 24.1 Å². The normalized spacial score (nSPS) is 22.0. The van der Waals surface area contributed by atoms with Crippen molar-refractivity contribution in [2.45, 2.75) is 54.6 Å². The minimum absolute atomic E-state index is 0.0111. The van der Waals surface area contributed by atoms with E-state index in [-0.39, 0.29) is 13.0 Å². The van der Waals surface area contributed by atoms with Crippen LogP contribution in [0.2, 0.25) is 0 Å². The van der Waals surface area contributed by atoms with E-state index in [2.05, 4.69) is 29.2 Å². The van der Waals surface area contributed by atoms with E-state index in [9.17, 15) is 31.5 Å². The van der Waals surface area contributed by atoms with E-state index in [4.69, 9.17) is 23.1 Å². The maximum absolute atomic E-state index is 13.2. The Kier molecular flexibility index (Phi) is 12.0. The van der Waals surface area contributed by atoms with Crippen molar-refractivity contribution in [3.8, 4) is 5.75 Å². The first kappa shape index (κ1) is 34.8. The average Bonchev–Trinajstić information content (AvgIpc) is 3.01. The van der Waals surface area contributed by atoms with Gasteiger partial charge in [-0.2, -0.15) is 21.6 Å². The van der Waals surface area contributed by atoms with E-state index in [0.29, 0.717) is 18.2 Å². The molecule has 1 aliphatic rings. The van der Waals surface area contributed by atoms with Crippen LogP contribution >= 0.6 is 22.6 Å². The Morgan fingerprint density at radius 2 is 1.73 bits per heavy atom. The molecule has 3 aromatic rings. The van der Waals surface area contributed by atoms with Crippen molar-refractivity contribution < 1.29 is 54.6 Å². The van der Waals surface area contributed by atoms with E-state index in [0.717, 1.165) is 27.3 Å². The third-order valence-electron chi connectivity index (χ3n) is 6.66. The van der Waals surface area contributed by atoms with Crippen molar-refractivity contribution in [1.82, 2.24) is 0 Å². The molecule has 9 nitrogen and oxygen atoms in total. The number of carbonyl (C=O) groups is 1. The van der Waals surface area contributed by atoms with Crippen LogP contribution < -0.4 is 4.74 Å². The molecule has 0 aromatic heterocycles. The highest BCUT2D eigenvalue weighted by Gasteiger charge is 2.50. The van der Waals surface area contributed by atoms with Crippen LogP contribution in [0.5, 0.6) is 5.75 Å². The zero-order chi connectivity index (χ0) is 32.6. The summed E-state index contributed by atoms with van der Waals surface area (Å²) in [7, 11) is -4.72. The molecule has 14 heteroatoms. The molecule has 0 bridgehead atoms. The van der Waals surface area contributed by atoms with E-state index < -0.39 is 70.0 Å². The zero-order valence-electron chi connectivity index (χ0n) is 23.6. The Labute approximate surface area is 272 Å². The van der Waals surface area contributed by atoms with Crippen LogP contribution in [0.1, 0.15) is 17.5 Å². The highest BCUT2D eigenvalue weighted by Crippen LogP contribution is 2.32. The van der Waals surface area contributed by atoms with Gasteiger partial charge in [0.25, 0.3) is 10.1 Å². The van der Waals surface area contributed by atoms with Gasteiger partial charge in [0, 0.05) is 9.99 Å². The second-order valence-electron chi connectivity index (χ2n) is 9.90. The molecule has 0 aliphatic carbocycles. The molecule has 1 N–H and O–H groups in total. The fourth-order valence-corrected chi connectivity index (χ4v) is 5.75. The molecule has 0 amide bonds. The molecule has 4 rings (SSSR count). The number of aliphatic hydroxyl groups excluding tert-OH is 1. The number of esters is 1. The lowest BCUT2D eigenvalue weighted by Crippen LogP contribution is -2.62. The highest BCUT2D eigenvalue weighted by atomic mass is 127.